The second-order valence-electron chi connectivity index (χ2n) is 3.86. The third-order valence-corrected chi connectivity index (χ3v) is 2.46. The highest BCUT2D eigenvalue weighted by Crippen LogP contribution is 2.17. The number of allylic oxidation sites excluding steroid dienone is 1. The summed E-state index contributed by atoms with van der Waals surface area (Å²) >= 11 is 0. The standard InChI is InChI=1S/C13H14N2O5/c1-3-20-13(17)11(8(2)16)12(14)9-4-6-10(7-5-9)15(18)19/h4-7,14,16H,3H2,1-2H3/b11-8-,14-12?. The Labute approximate surface area is 115 Å². The average molecular weight is 278 g/mol. The number of aliphatic hydroxyl groups excluding tert-OH is 1. The number of nitro benzene ring substituents is 1. The Morgan fingerprint density at radius 2 is 1.95 bits per heavy atom. The van der Waals surface area contributed by atoms with Crippen molar-refractivity contribution in [3.63, 3.8) is 0 Å². The predicted octanol–water partition coefficient (Wildman–Crippen LogP) is 2.36. The number of rotatable bonds is 5. The lowest BCUT2D eigenvalue weighted by Gasteiger charge is -2.09. The summed E-state index contributed by atoms with van der Waals surface area (Å²) in [5.41, 5.74) is -0.366. The van der Waals surface area contributed by atoms with Crippen molar-refractivity contribution in [3.8, 4) is 0 Å². The maximum atomic E-state index is 11.7. The van der Waals surface area contributed by atoms with Gasteiger partial charge in [-0.3, -0.25) is 15.5 Å². The molecule has 0 unspecified atom stereocenters. The van der Waals surface area contributed by atoms with E-state index in [1.165, 1.54) is 31.2 Å². The molecule has 7 nitrogen and oxygen atoms in total. The molecule has 0 saturated carbocycles. The van der Waals surface area contributed by atoms with Crippen LogP contribution in [0.25, 0.3) is 0 Å². The third-order valence-electron chi connectivity index (χ3n) is 2.46. The van der Waals surface area contributed by atoms with Gasteiger partial charge in [-0.2, -0.15) is 0 Å². The van der Waals surface area contributed by atoms with Gasteiger partial charge in [0.25, 0.3) is 5.69 Å². The number of hydrogen-bond donors (Lipinski definition) is 2. The number of non-ortho nitro benzene ring substituents is 1. The summed E-state index contributed by atoms with van der Waals surface area (Å²) in [6, 6.07) is 5.12. The zero-order valence-corrected chi connectivity index (χ0v) is 11.0. The highest BCUT2D eigenvalue weighted by Gasteiger charge is 2.21. The normalized spacial score (nSPS) is 11.5. The molecule has 0 atom stereocenters. The average Bonchev–Trinajstić information content (AvgIpc) is 2.38. The molecule has 0 heterocycles. The van der Waals surface area contributed by atoms with E-state index in [0.29, 0.717) is 0 Å². The molecular formula is C13H14N2O5. The summed E-state index contributed by atoms with van der Waals surface area (Å²) in [7, 11) is 0. The minimum Gasteiger partial charge on any atom is -0.512 e. The van der Waals surface area contributed by atoms with E-state index in [-0.39, 0.29) is 34.9 Å². The Morgan fingerprint density at radius 3 is 2.35 bits per heavy atom. The predicted molar refractivity (Wildman–Crippen MR) is 71.9 cm³/mol. The topological polar surface area (TPSA) is 114 Å². The molecular weight excluding hydrogens is 264 g/mol. The molecule has 0 radical (unpaired) electrons. The molecule has 0 amide bonds. The fourth-order valence-corrected chi connectivity index (χ4v) is 1.53. The fourth-order valence-electron chi connectivity index (χ4n) is 1.53. The van der Waals surface area contributed by atoms with Gasteiger partial charge in [0, 0.05) is 17.7 Å². The molecule has 0 fully saturated rings. The first-order valence-corrected chi connectivity index (χ1v) is 5.79. The molecule has 1 aromatic rings. The van der Waals surface area contributed by atoms with Crippen LogP contribution in [0.2, 0.25) is 0 Å². The lowest BCUT2D eigenvalue weighted by atomic mass is 10.0. The van der Waals surface area contributed by atoms with E-state index in [2.05, 4.69) is 0 Å². The monoisotopic (exact) mass is 278 g/mol. The molecule has 1 aromatic carbocycles. The lowest BCUT2D eigenvalue weighted by molar-refractivity contribution is -0.384. The molecule has 0 spiro atoms. The lowest BCUT2D eigenvalue weighted by Crippen LogP contribution is -2.18. The summed E-state index contributed by atoms with van der Waals surface area (Å²) in [6.45, 7) is 2.99. The summed E-state index contributed by atoms with van der Waals surface area (Å²) in [5.74, 6) is -1.15. The van der Waals surface area contributed by atoms with Crippen molar-refractivity contribution < 1.29 is 19.6 Å². The van der Waals surface area contributed by atoms with E-state index >= 15 is 0 Å². The van der Waals surface area contributed by atoms with Crippen LogP contribution in [0.3, 0.4) is 0 Å². The minimum atomic E-state index is -0.809. The van der Waals surface area contributed by atoms with Crippen molar-refractivity contribution in [1.29, 1.82) is 5.41 Å². The van der Waals surface area contributed by atoms with E-state index in [4.69, 9.17) is 10.1 Å². The molecule has 0 bridgehead atoms. The Morgan fingerprint density at radius 1 is 1.40 bits per heavy atom. The van der Waals surface area contributed by atoms with Gasteiger partial charge in [-0.1, -0.05) is 0 Å². The van der Waals surface area contributed by atoms with Gasteiger partial charge in [-0.05, 0) is 26.0 Å². The largest absolute Gasteiger partial charge is 0.512 e. The summed E-state index contributed by atoms with van der Waals surface area (Å²) in [5, 5.41) is 28.0. The van der Waals surface area contributed by atoms with Crippen LogP contribution >= 0.6 is 0 Å². The quantitative estimate of drug-likeness (QED) is 0.214. The van der Waals surface area contributed by atoms with Gasteiger partial charge < -0.3 is 9.84 Å². The summed E-state index contributed by atoms with van der Waals surface area (Å²) in [4.78, 5) is 21.7. The zero-order chi connectivity index (χ0) is 15.3. The maximum Gasteiger partial charge on any atom is 0.343 e. The molecule has 0 aliphatic rings. The molecule has 0 aliphatic carbocycles. The fraction of sp³-hybridized carbons (Fsp3) is 0.231. The van der Waals surface area contributed by atoms with Gasteiger partial charge in [-0.25, -0.2) is 4.79 Å². The first-order valence-electron chi connectivity index (χ1n) is 5.79. The summed E-state index contributed by atoms with van der Waals surface area (Å²) < 4.78 is 4.76. The van der Waals surface area contributed by atoms with Crippen molar-refractivity contribution in [3.05, 3.63) is 51.3 Å². The first kappa shape index (κ1) is 15.4. The molecule has 20 heavy (non-hydrogen) atoms. The number of carbonyl (C=O) groups is 1. The number of ether oxygens (including phenoxy) is 1. The maximum absolute atomic E-state index is 11.7. The summed E-state index contributed by atoms with van der Waals surface area (Å²) in [6.07, 6.45) is 0. The van der Waals surface area contributed by atoms with Gasteiger partial charge in [0.05, 0.1) is 17.2 Å². The number of esters is 1. The van der Waals surface area contributed by atoms with Crippen LogP contribution in [-0.4, -0.2) is 28.3 Å². The van der Waals surface area contributed by atoms with Crippen LogP contribution in [0.1, 0.15) is 19.4 Å². The zero-order valence-electron chi connectivity index (χ0n) is 11.0. The molecule has 1 rings (SSSR count). The number of nitro groups is 1. The molecule has 0 saturated heterocycles. The van der Waals surface area contributed by atoms with E-state index in [9.17, 15) is 20.0 Å². The smallest absolute Gasteiger partial charge is 0.343 e. The van der Waals surface area contributed by atoms with Crippen LogP contribution in [-0.2, 0) is 9.53 Å². The van der Waals surface area contributed by atoms with E-state index in [1.54, 1.807) is 6.92 Å². The SMILES string of the molecule is CCOC(=O)/C(C(=N)c1ccc([N+](=O)[O-])cc1)=C(/C)O. The second kappa shape index (κ2) is 6.46. The van der Waals surface area contributed by atoms with Crippen molar-refractivity contribution in [2.45, 2.75) is 13.8 Å². The van der Waals surface area contributed by atoms with Crippen LogP contribution in [0.5, 0.6) is 0 Å². The highest BCUT2D eigenvalue weighted by molar-refractivity contribution is 6.25. The highest BCUT2D eigenvalue weighted by atomic mass is 16.6. The van der Waals surface area contributed by atoms with E-state index in [0.717, 1.165) is 0 Å². The van der Waals surface area contributed by atoms with Gasteiger partial charge in [0.2, 0.25) is 0 Å². The third kappa shape index (κ3) is 3.41. The number of carbonyl (C=O) groups excluding carboxylic acids is 1. The van der Waals surface area contributed by atoms with Gasteiger partial charge in [-0.15, -0.1) is 0 Å². The Hall–Kier alpha value is -2.70. The Bertz CT molecular complexity index is 571. The van der Waals surface area contributed by atoms with Crippen molar-refractivity contribution in [2.75, 3.05) is 6.61 Å². The Kier molecular flexibility index (Phi) is 4.96. The molecule has 0 aromatic heterocycles. The van der Waals surface area contributed by atoms with Gasteiger partial charge in [0.1, 0.15) is 11.3 Å². The molecule has 0 aliphatic heterocycles. The van der Waals surface area contributed by atoms with Crippen molar-refractivity contribution >= 4 is 17.4 Å². The number of hydrogen-bond acceptors (Lipinski definition) is 6. The Balaban J connectivity index is 3.11. The van der Waals surface area contributed by atoms with Crippen molar-refractivity contribution in [2.24, 2.45) is 0 Å². The molecule has 2 N–H and O–H groups in total. The number of aliphatic hydroxyl groups is 1. The van der Waals surface area contributed by atoms with Crippen LogP contribution in [0, 0.1) is 15.5 Å². The number of nitrogens with zero attached hydrogens (tertiary/aromatic N) is 1. The minimum absolute atomic E-state index is 0.114. The first-order chi connectivity index (χ1) is 9.38. The van der Waals surface area contributed by atoms with Crippen molar-refractivity contribution in [1.82, 2.24) is 0 Å². The van der Waals surface area contributed by atoms with Gasteiger partial charge in [0.15, 0.2) is 0 Å². The van der Waals surface area contributed by atoms with E-state index < -0.39 is 10.9 Å². The number of nitrogens with one attached hydrogen (secondary N) is 1. The van der Waals surface area contributed by atoms with E-state index in [1.807, 2.05) is 0 Å². The second-order valence-corrected chi connectivity index (χ2v) is 3.86. The van der Waals surface area contributed by atoms with Crippen LogP contribution in [0.4, 0.5) is 5.69 Å². The van der Waals surface area contributed by atoms with Crippen LogP contribution < -0.4 is 0 Å². The van der Waals surface area contributed by atoms with Gasteiger partial charge >= 0.3 is 5.97 Å². The van der Waals surface area contributed by atoms with Crippen LogP contribution in [0.15, 0.2) is 35.6 Å². The molecule has 7 heteroatoms. The molecule has 106 valence electrons. The number of benzene rings is 1.